The van der Waals surface area contributed by atoms with Gasteiger partial charge in [0.25, 0.3) is 0 Å². The number of aromatic nitrogens is 2. The van der Waals surface area contributed by atoms with E-state index in [9.17, 15) is 14.4 Å². The van der Waals surface area contributed by atoms with Crippen LogP contribution >= 0.6 is 69.1 Å². The lowest BCUT2D eigenvalue weighted by atomic mass is 10.0. The van der Waals surface area contributed by atoms with Crippen molar-refractivity contribution < 1.29 is 23.9 Å². The highest BCUT2D eigenvalue weighted by Crippen LogP contribution is 2.39. The number of carbonyl (C=O) groups excluding carboxylic acids is 3. The van der Waals surface area contributed by atoms with Gasteiger partial charge in [-0.15, -0.1) is 22.7 Å². The van der Waals surface area contributed by atoms with E-state index in [0.717, 1.165) is 57.0 Å². The van der Waals surface area contributed by atoms with E-state index in [1.807, 2.05) is 29.2 Å². The molecule has 2 aliphatic rings. The van der Waals surface area contributed by atoms with Crippen LogP contribution in [0.1, 0.15) is 37.4 Å². The Balaban J connectivity index is 0.000000256. The predicted octanol–water partition coefficient (Wildman–Crippen LogP) is 8.16. The van der Waals surface area contributed by atoms with Gasteiger partial charge in [-0.1, -0.05) is 86.2 Å². The number of ether oxygens (including phenoxy) is 2. The summed E-state index contributed by atoms with van der Waals surface area (Å²) in [6.45, 7) is 12.0. The second kappa shape index (κ2) is 23.2. The molecule has 4 N–H and O–H groups in total. The third kappa shape index (κ3) is 12.6. The van der Waals surface area contributed by atoms with Gasteiger partial charge in [0, 0.05) is 60.7 Å². The SMILES string of the molecule is CN.CNC(=O)N1CCN(c2nc(-c3ccc(Cl)c(Cl)c3)c(CC(C)C)s2)CC1C(=O)OC.COC(=O)C1CN(c2nc(-c3ccc(Cl)c(Cl)c3)c(CC(C)C)s2)CCN1. The van der Waals surface area contributed by atoms with E-state index < -0.39 is 12.0 Å². The molecule has 0 saturated carbocycles. The lowest BCUT2D eigenvalue weighted by Gasteiger charge is -2.39. The van der Waals surface area contributed by atoms with Crippen molar-refractivity contribution in [3.63, 3.8) is 0 Å². The van der Waals surface area contributed by atoms with Crippen LogP contribution in [-0.4, -0.2) is 113 Å². The first kappa shape index (κ1) is 49.2. The molecule has 0 radical (unpaired) electrons. The monoisotopic (exact) mass is 942 g/mol. The number of nitrogens with one attached hydrogen (secondary N) is 2. The number of hydrogen-bond acceptors (Lipinski definition) is 13. The summed E-state index contributed by atoms with van der Waals surface area (Å²) in [5.74, 6) is 0.258. The molecule has 0 bridgehead atoms. The van der Waals surface area contributed by atoms with E-state index in [2.05, 4.69) is 49.0 Å². The summed E-state index contributed by atoms with van der Waals surface area (Å²) in [5, 5.41) is 9.54. The summed E-state index contributed by atoms with van der Waals surface area (Å²) in [7, 11) is 5.79. The number of anilines is 2. The van der Waals surface area contributed by atoms with Crippen molar-refractivity contribution >= 4 is 97.3 Å². The largest absolute Gasteiger partial charge is 0.468 e. The molecule has 0 aliphatic carbocycles. The number of esters is 2. The summed E-state index contributed by atoms with van der Waals surface area (Å²) in [5.41, 5.74) is 8.18. The molecule has 2 amide bonds. The fraction of sp³-hybridized carbons (Fsp3) is 0.488. The van der Waals surface area contributed by atoms with Crippen LogP contribution in [0.5, 0.6) is 0 Å². The zero-order chi connectivity index (χ0) is 44.3. The number of benzene rings is 2. The van der Waals surface area contributed by atoms with E-state index in [1.54, 1.807) is 41.9 Å². The Morgan fingerprint density at radius 2 is 1.25 bits per heavy atom. The number of hydrogen-bond donors (Lipinski definition) is 3. The Morgan fingerprint density at radius 1 is 0.767 bits per heavy atom. The van der Waals surface area contributed by atoms with Gasteiger partial charge in [-0.3, -0.25) is 4.79 Å². The second-order valence-electron chi connectivity index (χ2n) is 14.7. The number of halogens is 4. The third-order valence-corrected chi connectivity index (χ3v) is 13.2. The van der Waals surface area contributed by atoms with Crippen LogP contribution < -0.4 is 26.2 Å². The Kier molecular flexibility index (Phi) is 19.0. The van der Waals surface area contributed by atoms with Gasteiger partial charge in [0.05, 0.1) is 52.2 Å². The third-order valence-electron chi connectivity index (χ3n) is 9.48. The number of carbonyl (C=O) groups is 3. The average molecular weight is 945 g/mol. The molecule has 4 heterocycles. The van der Waals surface area contributed by atoms with Crippen LogP contribution in [0.15, 0.2) is 36.4 Å². The normalized spacial score (nSPS) is 16.5. The van der Waals surface area contributed by atoms with Crippen molar-refractivity contribution in [2.75, 3.05) is 77.4 Å². The number of nitrogens with zero attached hydrogens (tertiary/aromatic N) is 5. The van der Waals surface area contributed by atoms with Gasteiger partial charge in [0.1, 0.15) is 12.1 Å². The van der Waals surface area contributed by atoms with Crippen molar-refractivity contribution in [3.8, 4) is 22.5 Å². The van der Waals surface area contributed by atoms with E-state index in [4.69, 9.17) is 65.8 Å². The van der Waals surface area contributed by atoms with Crippen molar-refractivity contribution in [1.29, 1.82) is 0 Å². The first-order valence-electron chi connectivity index (χ1n) is 19.5. The highest BCUT2D eigenvalue weighted by molar-refractivity contribution is 7.16. The van der Waals surface area contributed by atoms with Crippen LogP contribution in [0, 0.1) is 11.8 Å². The smallest absolute Gasteiger partial charge is 0.330 e. The average Bonchev–Trinajstić information content (AvgIpc) is 3.86. The lowest BCUT2D eigenvalue weighted by Crippen LogP contribution is -2.60. The van der Waals surface area contributed by atoms with Gasteiger partial charge in [-0.2, -0.15) is 0 Å². The summed E-state index contributed by atoms with van der Waals surface area (Å²) >= 11 is 27.9. The van der Waals surface area contributed by atoms with E-state index in [-0.39, 0.29) is 18.0 Å². The minimum Gasteiger partial charge on any atom is -0.468 e. The molecular weight excluding hydrogens is 890 g/mol. The Hall–Kier alpha value is -3.41. The topological polar surface area (TPSA) is 155 Å². The van der Waals surface area contributed by atoms with E-state index >= 15 is 0 Å². The standard InChI is InChI=1S/C21H26Cl2N4O3S.C19H23Cl2N3O2S.CH5N/c1-12(2)9-17-18(13-5-6-14(22)15(23)10-13)25-21(31-17)26-7-8-27(20(29)24-3)16(11-26)19(28)30-4;1-11(2)8-16-17(12-4-5-13(20)14(21)9-12)23-19(27-16)24-7-6-22-15(10-24)18(25)26-3;1-2/h5-6,10,12,16H,7-9,11H2,1-4H3,(H,24,29);4-5,9,11,15,22H,6-8,10H2,1-3H3;2H2,1H3. The Morgan fingerprint density at radius 3 is 1.68 bits per heavy atom. The molecule has 2 unspecified atom stereocenters. The van der Waals surface area contributed by atoms with Crippen molar-refractivity contribution in [1.82, 2.24) is 25.5 Å². The summed E-state index contributed by atoms with van der Waals surface area (Å²) in [6.07, 6.45) is 1.80. The minimum absolute atomic E-state index is 0.247. The number of amides is 2. The summed E-state index contributed by atoms with van der Waals surface area (Å²) < 4.78 is 9.82. The maximum Gasteiger partial charge on any atom is 0.330 e. The van der Waals surface area contributed by atoms with Crippen LogP contribution in [0.25, 0.3) is 22.5 Å². The number of urea groups is 1. The molecule has 6 rings (SSSR count). The molecule has 2 aromatic heterocycles. The minimum atomic E-state index is -0.704. The van der Waals surface area contributed by atoms with E-state index in [0.29, 0.717) is 64.7 Å². The highest BCUT2D eigenvalue weighted by atomic mass is 35.5. The molecule has 13 nitrogen and oxygen atoms in total. The predicted molar refractivity (Wildman–Crippen MR) is 248 cm³/mol. The molecule has 2 fully saturated rings. The summed E-state index contributed by atoms with van der Waals surface area (Å²) in [4.78, 5) is 54.4. The first-order chi connectivity index (χ1) is 28.6. The number of rotatable bonds is 10. The zero-order valence-corrected chi connectivity index (χ0v) is 39.8. The van der Waals surface area contributed by atoms with Crippen LogP contribution in [-0.2, 0) is 31.9 Å². The molecule has 60 heavy (non-hydrogen) atoms. The van der Waals surface area contributed by atoms with Crippen molar-refractivity contribution in [2.24, 2.45) is 17.6 Å². The molecule has 2 saturated heterocycles. The molecule has 2 aromatic carbocycles. The van der Waals surface area contributed by atoms with Gasteiger partial charge in [-0.05, 0) is 56.0 Å². The molecule has 328 valence electrons. The van der Waals surface area contributed by atoms with Gasteiger partial charge < -0.3 is 40.5 Å². The maximum absolute atomic E-state index is 12.4. The molecule has 2 atom stereocenters. The van der Waals surface area contributed by atoms with Crippen LogP contribution in [0.4, 0.5) is 15.1 Å². The van der Waals surface area contributed by atoms with Crippen LogP contribution in [0.3, 0.4) is 0 Å². The van der Waals surface area contributed by atoms with Crippen molar-refractivity contribution in [2.45, 2.75) is 52.6 Å². The molecule has 2 aliphatic heterocycles. The fourth-order valence-corrected chi connectivity index (χ4v) is 9.86. The number of thiazole rings is 2. The Labute approximate surface area is 380 Å². The van der Waals surface area contributed by atoms with Gasteiger partial charge in [-0.25, -0.2) is 19.6 Å². The van der Waals surface area contributed by atoms with Gasteiger partial charge in [0.15, 0.2) is 10.3 Å². The molecule has 4 aromatic rings. The van der Waals surface area contributed by atoms with Gasteiger partial charge in [0.2, 0.25) is 0 Å². The zero-order valence-electron chi connectivity index (χ0n) is 35.1. The van der Waals surface area contributed by atoms with Crippen LogP contribution in [0.2, 0.25) is 20.1 Å². The van der Waals surface area contributed by atoms with Crippen molar-refractivity contribution in [3.05, 3.63) is 66.2 Å². The van der Waals surface area contributed by atoms with Gasteiger partial charge >= 0.3 is 18.0 Å². The second-order valence-corrected chi connectivity index (χ2v) is 18.5. The number of piperazine rings is 2. The quantitative estimate of drug-likeness (QED) is 0.132. The number of nitrogens with two attached hydrogens (primary N) is 1. The summed E-state index contributed by atoms with van der Waals surface area (Å²) in [6, 6.07) is 9.78. The molecule has 0 spiro atoms. The lowest BCUT2D eigenvalue weighted by molar-refractivity contribution is -0.146. The van der Waals surface area contributed by atoms with E-state index in [1.165, 1.54) is 31.0 Å². The highest BCUT2D eigenvalue weighted by Gasteiger charge is 2.37. The fourth-order valence-electron chi connectivity index (χ4n) is 6.61. The first-order valence-corrected chi connectivity index (χ1v) is 22.6. The Bertz CT molecular complexity index is 2080. The molecule has 19 heteroatoms. The number of methoxy groups -OCH3 is 2. The maximum atomic E-state index is 12.4. The molecular formula is C41H54Cl4N8O5S2.